The molecule has 0 aromatic heterocycles. The molecule has 1 atom stereocenters. The molecule has 1 unspecified atom stereocenters. The van der Waals surface area contributed by atoms with E-state index in [1.807, 2.05) is 0 Å². The maximum atomic E-state index is 12.9. The summed E-state index contributed by atoms with van der Waals surface area (Å²) < 4.78 is 17.0. The lowest BCUT2D eigenvalue weighted by Crippen LogP contribution is -2.30. The van der Waals surface area contributed by atoms with Crippen molar-refractivity contribution in [3.05, 3.63) is 0 Å². The molecule has 0 fully saturated rings. The molecule has 476 valence electrons. The van der Waals surface area contributed by atoms with Gasteiger partial charge in [-0.3, -0.25) is 14.4 Å². The molecule has 0 aliphatic heterocycles. The highest BCUT2D eigenvalue weighted by atomic mass is 16.6. The monoisotopic (exact) mass is 1130 g/mol. The zero-order valence-corrected chi connectivity index (χ0v) is 54.9. The van der Waals surface area contributed by atoms with Gasteiger partial charge < -0.3 is 14.2 Å². The van der Waals surface area contributed by atoms with Crippen LogP contribution >= 0.6 is 0 Å². The van der Waals surface area contributed by atoms with Crippen molar-refractivity contribution >= 4 is 17.9 Å². The Hall–Kier alpha value is -1.59. The number of carbonyl (C=O) groups is 3. The summed E-state index contributed by atoms with van der Waals surface area (Å²) in [4.78, 5) is 38.3. The van der Waals surface area contributed by atoms with Gasteiger partial charge in [-0.25, -0.2) is 0 Å². The van der Waals surface area contributed by atoms with E-state index in [0.717, 1.165) is 57.8 Å². The summed E-state index contributed by atoms with van der Waals surface area (Å²) in [5.41, 5.74) is 0. The Morgan fingerprint density at radius 1 is 0.200 bits per heavy atom. The molecule has 0 amide bonds. The van der Waals surface area contributed by atoms with Gasteiger partial charge >= 0.3 is 17.9 Å². The minimum absolute atomic E-state index is 0.0606. The van der Waals surface area contributed by atoms with E-state index in [0.29, 0.717) is 19.3 Å². The molecular weight excluding hydrogens is 985 g/mol. The summed E-state index contributed by atoms with van der Waals surface area (Å²) in [5, 5.41) is 0. The fourth-order valence-electron chi connectivity index (χ4n) is 11.8. The third kappa shape index (κ3) is 67.2. The lowest BCUT2D eigenvalue weighted by molar-refractivity contribution is -0.167. The Morgan fingerprint density at radius 2 is 0.338 bits per heavy atom. The van der Waals surface area contributed by atoms with E-state index in [4.69, 9.17) is 14.2 Å². The summed E-state index contributed by atoms with van der Waals surface area (Å²) in [6.45, 7) is 6.72. The van der Waals surface area contributed by atoms with Crippen molar-refractivity contribution in [3.8, 4) is 0 Å². The summed E-state index contributed by atoms with van der Waals surface area (Å²) >= 11 is 0. The maximum Gasteiger partial charge on any atom is 0.306 e. The van der Waals surface area contributed by atoms with Crippen LogP contribution in [0.1, 0.15) is 438 Å². The number of rotatable bonds is 70. The molecule has 0 N–H and O–H groups in total. The molecule has 0 aromatic rings. The predicted octanol–water partition coefficient (Wildman–Crippen LogP) is 25.4. The van der Waals surface area contributed by atoms with E-state index in [1.54, 1.807) is 0 Å². The van der Waals surface area contributed by atoms with Gasteiger partial charge in [-0.2, -0.15) is 0 Å². The molecule has 80 heavy (non-hydrogen) atoms. The Labute approximate surface area is 501 Å². The lowest BCUT2D eigenvalue weighted by atomic mass is 10.0. The van der Waals surface area contributed by atoms with Crippen molar-refractivity contribution in [2.24, 2.45) is 0 Å². The SMILES string of the molecule is CCCCCCCCCCCCCCCCCCCCCCCCCCCCCCCC(=O)OCC(COC(=O)CCCCCCCCCCC)OC(=O)CCCCCCCCCCCCCCCCCCCCCCCCCC. The van der Waals surface area contributed by atoms with Crippen LogP contribution < -0.4 is 0 Å². The first-order valence-corrected chi connectivity index (χ1v) is 37.0. The first kappa shape index (κ1) is 78.4. The van der Waals surface area contributed by atoms with Crippen molar-refractivity contribution in [1.29, 1.82) is 0 Å². The Bertz CT molecular complexity index is 1200. The third-order valence-corrected chi connectivity index (χ3v) is 17.4. The first-order chi connectivity index (χ1) is 39.5. The normalized spacial score (nSPS) is 11.9. The highest BCUT2D eigenvalue weighted by molar-refractivity contribution is 5.71. The minimum atomic E-state index is -0.763. The van der Waals surface area contributed by atoms with Crippen molar-refractivity contribution in [3.63, 3.8) is 0 Å². The van der Waals surface area contributed by atoms with Crippen LogP contribution in [0.5, 0.6) is 0 Å². The number of ether oxygens (including phenoxy) is 3. The molecule has 0 radical (unpaired) electrons. The number of hydrogen-bond acceptors (Lipinski definition) is 6. The first-order valence-electron chi connectivity index (χ1n) is 37.0. The molecule has 0 saturated carbocycles. The van der Waals surface area contributed by atoms with Crippen LogP contribution in [0.25, 0.3) is 0 Å². The van der Waals surface area contributed by atoms with Crippen LogP contribution in [-0.2, 0) is 28.6 Å². The van der Waals surface area contributed by atoms with Gasteiger partial charge in [-0.05, 0) is 19.3 Å². The van der Waals surface area contributed by atoms with Gasteiger partial charge in [0.1, 0.15) is 13.2 Å². The Kier molecular flexibility index (Phi) is 68.5. The topological polar surface area (TPSA) is 78.9 Å². The van der Waals surface area contributed by atoms with E-state index < -0.39 is 6.10 Å². The van der Waals surface area contributed by atoms with Crippen LogP contribution in [0.2, 0.25) is 0 Å². The zero-order chi connectivity index (χ0) is 57.8. The molecule has 0 heterocycles. The van der Waals surface area contributed by atoms with E-state index in [1.165, 1.54) is 340 Å². The van der Waals surface area contributed by atoms with Gasteiger partial charge in [0.2, 0.25) is 0 Å². The quantitative estimate of drug-likeness (QED) is 0.0343. The molecule has 0 aliphatic rings. The fraction of sp³-hybridized carbons (Fsp3) is 0.959. The molecule has 0 aliphatic carbocycles. The lowest BCUT2D eigenvalue weighted by Gasteiger charge is -2.18. The molecule has 6 heteroatoms. The number of esters is 3. The highest BCUT2D eigenvalue weighted by Crippen LogP contribution is 2.20. The minimum Gasteiger partial charge on any atom is -0.462 e. The van der Waals surface area contributed by atoms with Gasteiger partial charge in [-0.15, -0.1) is 0 Å². The smallest absolute Gasteiger partial charge is 0.306 e. The predicted molar refractivity (Wildman–Crippen MR) is 349 cm³/mol. The van der Waals surface area contributed by atoms with Gasteiger partial charge in [0.25, 0.3) is 0 Å². The molecule has 0 saturated heterocycles. The standard InChI is InChI=1S/C74H144O6/c1-4-7-10-13-16-19-21-23-25-27-29-31-33-35-36-37-38-39-41-42-44-46-48-50-52-55-58-61-64-67-73(76)79-70-71(69-78-72(75)66-63-60-57-54-18-15-12-9-6-3)80-74(77)68-65-62-59-56-53-51-49-47-45-43-40-34-32-30-28-26-24-22-20-17-14-11-8-5-2/h71H,4-70H2,1-3H3. The zero-order valence-electron chi connectivity index (χ0n) is 54.9. The van der Waals surface area contributed by atoms with Crippen LogP contribution in [0, 0.1) is 0 Å². The summed E-state index contributed by atoms with van der Waals surface area (Å²) in [7, 11) is 0. The average molecular weight is 1130 g/mol. The van der Waals surface area contributed by atoms with Crippen LogP contribution in [0.4, 0.5) is 0 Å². The molecular formula is C74H144O6. The summed E-state index contributed by atoms with van der Waals surface area (Å²) in [6.07, 6.45) is 83.2. The second kappa shape index (κ2) is 69.9. The van der Waals surface area contributed by atoms with E-state index in [2.05, 4.69) is 20.8 Å². The summed E-state index contributed by atoms with van der Waals surface area (Å²) in [5.74, 6) is -0.825. The van der Waals surface area contributed by atoms with Gasteiger partial charge in [0.15, 0.2) is 6.10 Å². The second-order valence-corrected chi connectivity index (χ2v) is 25.6. The van der Waals surface area contributed by atoms with Crippen LogP contribution in [0.3, 0.4) is 0 Å². The van der Waals surface area contributed by atoms with Crippen molar-refractivity contribution in [2.45, 2.75) is 444 Å². The highest BCUT2D eigenvalue weighted by Gasteiger charge is 2.20. The number of unbranched alkanes of at least 4 members (excludes halogenated alkanes) is 59. The van der Waals surface area contributed by atoms with Gasteiger partial charge in [0, 0.05) is 19.3 Å². The van der Waals surface area contributed by atoms with Crippen LogP contribution in [0.15, 0.2) is 0 Å². The fourth-order valence-corrected chi connectivity index (χ4v) is 11.8. The largest absolute Gasteiger partial charge is 0.462 e. The van der Waals surface area contributed by atoms with Crippen LogP contribution in [-0.4, -0.2) is 37.2 Å². The maximum absolute atomic E-state index is 12.9. The molecule has 0 spiro atoms. The van der Waals surface area contributed by atoms with Gasteiger partial charge in [0.05, 0.1) is 0 Å². The summed E-state index contributed by atoms with van der Waals surface area (Å²) in [6, 6.07) is 0. The Morgan fingerprint density at radius 3 is 0.500 bits per heavy atom. The molecule has 6 nitrogen and oxygen atoms in total. The molecule has 0 rings (SSSR count). The molecule has 0 bridgehead atoms. The van der Waals surface area contributed by atoms with Crippen molar-refractivity contribution in [1.82, 2.24) is 0 Å². The second-order valence-electron chi connectivity index (χ2n) is 25.6. The third-order valence-electron chi connectivity index (χ3n) is 17.4. The van der Waals surface area contributed by atoms with E-state index in [-0.39, 0.29) is 31.1 Å². The van der Waals surface area contributed by atoms with Gasteiger partial charge in [-0.1, -0.05) is 400 Å². The Balaban J connectivity index is 4.03. The number of carbonyl (C=O) groups excluding carboxylic acids is 3. The van der Waals surface area contributed by atoms with E-state index >= 15 is 0 Å². The average Bonchev–Trinajstić information content (AvgIpc) is 3.46. The van der Waals surface area contributed by atoms with E-state index in [9.17, 15) is 14.4 Å². The molecule has 0 aromatic carbocycles. The van der Waals surface area contributed by atoms with Crippen molar-refractivity contribution < 1.29 is 28.6 Å². The van der Waals surface area contributed by atoms with Crippen molar-refractivity contribution in [2.75, 3.05) is 13.2 Å². The number of hydrogen-bond donors (Lipinski definition) is 0.